The molecule has 2 heteroatoms. The van der Waals surface area contributed by atoms with Crippen LogP contribution >= 0.6 is 0 Å². The second-order valence-corrected chi connectivity index (χ2v) is 6.57. The normalized spacial score (nSPS) is 11.9. The molecule has 0 amide bonds. The van der Waals surface area contributed by atoms with E-state index < -0.39 is 0 Å². The molecule has 0 radical (unpaired) electrons. The maximum atomic E-state index is 4.16. The van der Waals surface area contributed by atoms with Gasteiger partial charge in [0.1, 0.15) is 0 Å². The van der Waals surface area contributed by atoms with Crippen molar-refractivity contribution >= 4 is 10.8 Å². The Morgan fingerprint density at radius 2 is 1.76 bits per heavy atom. The fraction of sp³-hybridized carbons (Fsp3) is 0.348. The molecule has 3 aromatic rings. The van der Waals surface area contributed by atoms with Crippen LogP contribution in [-0.2, 0) is 13.0 Å². The van der Waals surface area contributed by atoms with Crippen molar-refractivity contribution in [2.24, 2.45) is 0 Å². The molecule has 1 N–H and O–H groups in total. The summed E-state index contributed by atoms with van der Waals surface area (Å²) >= 11 is 0. The number of hydrogen-bond donors (Lipinski definition) is 1. The molecule has 2 aromatic carbocycles. The average molecular weight is 335 g/mol. The van der Waals surface area contributed by atoms with E-state index in [2.05, 4.69) is 71.8 Å². The van der Waals surface area contributed by atoms with E-state index in [-0.39, 0.29) is 7.43 Å². The largest absolute Gasteiger partial charge is 0.310 e. The molecular weight excluding hydrogens is 304 g/mol. The first kappa shape index (κ1) is 19.1. The van der Waals surface area contributed by atoms with Crippen LogP contribution in [0.5, 0.6) is 0 Å². The lowest BCUT2D eigenvalue weighted by Crippen LogP contribution is -2.25. The molecule has 1 atom stereocenters. The van der Waals surface area contributed by atoms with Crippen molar-refractivity contribution in [3.63, 3.8) is 0 Å². The highest BCUT2D eigenvalue weighted by Gasteiger charge is 2.03. The van der Waals surface area contributed by atoms with Gasteiger partial charge in [-0.15, -0.1) is 0 Å². The zero-order valence-electron chi connectivity index (χ0n) is 14.4. The molecule has 1 heterocycles. The van der Waals surface area contributed by atoms with Gasteiger partial charge in [0.2, 0.25) is 0 Å². The van der Waals surface area contributed by atoms with E-state index in [1.165, 1.54) is 47.6 Å². The summed E-state index contributed by atoms with van der Waals surface area (Å²) in [6.07, 6.45) is 8.72. The number of hydrogen-bond acceptors (Lipinski definition) is 2. The van der Waals surface area contributed by atoms with Crippen LogP contribution in [0.3, 0.4) is 0 Å². The summed E-state index contributed by atoms with van der Waals surface area (Å²) in [4.78, 5) is 4.16. The molecule has 132 valence electrons. The Bertz CT molecular complexity index is 752. The van der Waals surface area contributed by atoms with E-state index in [1.54, 1.807) is 0 Å². The summed E-state index contributed by atoms with van der Waals surface area (Å²) in [6.45, 7) is 3.21. The van der Waals surface area contributed by atoms with Gasteiger partial charge in [-0.2, -0.15) is 0 Å². The summed E-state index contributed by atoms with van der Waals surface area (Å²) in [5.74, 6) is 0. The van der Waals surface area contributed by atoms with Crippen molar-refractivity contribution < 1.29 is 0 Å². The predicted molar refractivity (Wildman–Crippen MR) is 109 cm³/mol. The van der Waals surface area contributed by atoms with E-state index in [9.17, 15) is 0 Å². The Balaban J connectivity index is 0.00000225. The number of nitrogens with zero attached hydrogens (tertiary/aromatic N) is 1. The summed E-state index contributed by atoms with van der Waals surface area (Å²) in [6, 6.07) is 20.0. The van der Waals surface area contributed by atoms with Crippen molar-refractivity contribution in [2.75, 3.05) is 0 Å². The predicted octanol–water partition coefficient (Wildman–Crippen LogP) is 5.76. The highest BCUT2D eigenvalue weighted by molar-refractivity contribution is 5.81. The van der Waals surface area contributed by atoms with E-state index in [4.69, 9.17) is 0 Å². The maximum Gasteiger partial charge on any atom is 0.0346 e. The van der Waals surface area contributed by atoms with Gasteiger partial charge >= 0.3 is 0 Å². The number of benzene rings is 2. The van der Waals surface area contributed by atoms with Crippen LogP contribution < -0.4 is 5.32 Å². The topological polar surface area (TPSA) is 24.9 Å². The second-order valence-electron chi connectivity index (χ2n) is 6.57. The Hall–Kier alpha value is -2.19. The first-order chi connectivity index (χ1) is 11.8. The van der Waals surface area contributed by atoms with Gasteiger partial charge in [-0.25, -0.2) is 0 Å². The summed E-state index contributed by atoms with van der Waals surface area (Å²) in [5.41, 5.74) is 2.79. The Labute approximate surface area is 152 Å². The summed E-state index contributed by atoms with van der Waals surface area (Å²) in [5, 5.41) is 6.11. The van der Waals surface area contributed by atoms with E-state index in [1.807, 2.05) is 12.4 Å². The minimum atomic E-state index is 0. The third-order valence-corrected chi connectivity index (χ3v) is 4.56. The average Bonchev–Trinajstić information content (AvgIpc) is 2.64. The number of fused-ring (bicyclic) bond motifs is 1. The van der Waals surface area contributed by atoms with Crippen molar-refractivity contribution in [1.82, 2.24) is 10.3 Å². The van der Waals surface area contributed by atoms with Gasteiger partial charge in [-0.05, 0) is 54.8 Å². The maximum absolute atomic E-state index is 4.16. The Morgan fingerprint density at radius 1 is 0.920 bits per heavy atom. The lowest BCUT2D eigenvalue weighted by atomic mass is 10.0. The first-order valence-electron chi connectivity index (χ1n) is 8.91. The molecule has 2 nitrogen and oxygen atoms in total. The zero-order chi connectivity index (χ0) is 16.6. The zero-order valence-corrected chi connectivity index (χ0v) is 14.4. The molecule has 0 unspecified atom stereocenters. The molecule has 0 bridgehead atoms. The molecule has 0 spiro atoms. The van der Waals surface area contributed by atoms with Gasteiger partial charge in [0.15, 0.2) is 0 Å². The van der Waals surface area contributed by atoms with Gasteiger partial charge in [0.25, 0.3) is 0 Å². The third kappa shape index (κ3) is 5.99. The minimum absolute atomic E-state index is 0. The van der Waals surface area contributed by atoms with Gasteiger partial charge in [-0.3, -0.25) is 4.98 Å². The van der Waals surface area contributed by atoms with E-state index >= 15 is 0 Å². The van der Waals surface area contributed by atoms with Crippen LogP contribution in [0.2, 0.25) is 0 Å². The number of nitrogens with one attached hydrogen (secondary N) is 1. The molecule has 0 saturated heterocycles. The summed E-state index contributed by atoms with van der Waals surface area (Å²) in [7, 11) is 0. The van der Waals surface area contributed by atoms with Crippen LogP contribution in [0.15, 0.2) is 67.0 Å². The van der Waals surface area contributed by atoms with Crippen LogP contribution in [0.25, 0.3) is 10.8 Å². The second kappa shape index (κ2) is 9.95. The molecule has 0 saturated carbocycles. The molecule has 0 aliphatic rings. The Kier molecular flexibility index (Phi) is 7.62. The van der Waals surface area contributed by atoms with E-state index in [0.29, 0.717) is 6.04 Å². The van der Waals surface area contributed by atoms with Crippen molar-refractivity contribution in [2.45, 2.75) is 52.6 Å². The van der Waals surface area contributed by atoms with Gasteiger partial charge in [0, 0.05) is 30.4 Å². The van der Waals surface area contributed by atoms with Gasteiger partial charge < -0.3 is 5.32 Å². The van der Waals surface area contributed by atoms with E-state index in [0.717, 1.165) is 6.54 Å². The molecule has 25 heavy (non-hydrogen) atoms. The van der Waals surface area contributed by atoms with Crippen LogP contribution in [0.1, 0.15) is 44.7 Å². The minimum Gasteiger partial charge on any atom is -0.310 e. The number of rotatable bonds is 8. The van der Waals surface area contributed by atoms with Gasteiger partial charge in [-0.1, -0.05) is 56.3 Å². The standard InChI is InChI=1S/C22H26N2.CH4/c1-18(7-5-6-10-19-8-3-2-4-9-19)24-16-20-11-12-22-17-23-14-13-21(22)15-20;/h2-4,8-9,11-15,17-18,24H,5-7,10,16H2,1H3;1H4/t18-;/m1./s1. The lowest BCUT2D eigenvalue weighted by Gasteiger charge is -2.14. The van der Waals surface area contributed by atoms with Crippen molar-refractivity contribution in [1.29, 1.82) is 0 Å². The third-order valence-electron chi connectivity index (χ3n) is 4.56. The van der Waals surface area contributed by atoms with Crippen LogP contribution in [0, 0.1) is 0 Å². The highest BCUT2D eigenvalue weighted by atomic mass is 14.9. The smallest absolute Gasteiger partial charge is 0.0346 e. The first-order valence-corrected chi connectivity index (χ1v) is 8.91. The monoisotopic (exact) mass is 334 g/mol. The SMILES string of the molecule is C.C[C@H](CCCCc1ccccc1)NCc1ccc2cnccc2c1. The highest BCUT2D eigenvalue weighted by Crippen LogP contribution is 2.15. The number of aromatic nitrogens is 1. The molecule has 0 aliphatic carbocycles. The van der Waals surface area contributed by atoms with Gasteiger partial charge in [0.05, 0.1) is 0 Å². The fourth-order valence-corrected chi connectivity index (χ4v) is 3.06. The molecule has 0 fully saturated rings. The summed E-state index contributed by atoms with van der Waals surface area (Å²) < 4.78 is 0. The Morgan fingerprint density at radius 3 is 2.60 bits per heavy atom. The number of pyridine rings is 1. The van der Waals surface area contributed by atoms with Crippen molar-refractivity contribution in [3.05, 3.63) is 78.1 Å². The quantitative estimate of drug-likeness (QED) is 0.530. The lowest BCUT2D eigenvalue weighted by molar-refractivity contribution is 0.489. The van der Waals surface area contributed by atoms with Crippen molar-refractivity contribution in [3.8, 4) is 0 Å². The van der Waals surface area contributed by atoms with Crippen LogP contribution in [-0.4, -0.2) is 11.0 Å². The molecule has 3 rings (SSSR count). The fourth-order valence-electron chi connectivity index (χ4n) is 3.06. The van der Waals surface area contributed by atoms with Crippen LogP contribution in [0.4, 0.5) is 0 Å². The molecular formula is C23H30N2. The molecule has 1 aromatic heterocycles. The number of unbranched alkanes of at least 4 members (excludes halogenated alkanes) is 1. The number of aryl methyl sites for hydroxylation is 1. The molecule has 0 aliphatic heterocycles.